The third-order valence-corrected chi connectivity index (χ3v) is 4.56. The van der Waals surface area contributed by atoms with E-state index in [1.165, 1.54) is 0 Å². The molecule has 0 radical (unpaired) electrons. The molecule has 1 amide bonds. The number of hydrogen-bond donors (Lipinski definition) is 1. The van der Waals surface area contributed by atoms with Crippen LogP contribution in [-0.4, -0.2) is 25.7 Å². The lowest BCUT2D eigenvalue weighted by Crippen LogP contribution is -2.21. The molecule has 1 aliphatic heterocycles. The van der Waals surface area contributed by atoms with Gasteiger partial charge in [-0.2, -0.15) is 0 Å². The number of rotatable bonds is 4. The Hall–Kier alpha value is -1.63. The minimum absolute atomic E-state index is 0.168. The Balaban J connectivity index is 1.63. The number of carbonyl (C=O) groups is 1. The summed E-state index contributed by atoms with van der Waals surface area (Å²) in [6, 6.07) is 8.26. The van der Waals surface area contributed by atoms with E-state index in [4.69, 9.17) is 37.4 Å². The molecule has 5 nitrogen and oxygen atoms in total. The van der Waals surface area contributed by atoms with E-state index in [1.807, 2.05) is 0 Å². The number of carbonyl (C=O) groups excluding carboxylic acids is 1. The predicted molar refractivity (Wildman–Crippen MR) is 95.7 cm³/mol. The van der Waals surface area contributed by atoms with Crippen LogP contribution in [0.4, 0.5) is 5.69 Å². The van der Waals surface area contributed by atoms with Gasteiger partial charge in [-0.15, -0.1) is 0 Å². The number of amides is 1. The zero-order valence-electron chi connectivity index (χ0n) is 12.3. The maximum absolute atomic E-state index is 12.1. The van der Waals surface area contributed by atoms with Crippen LogP contribution >= 0.6 is 39.1 Å². The highest BCUT2D eigenvalue weighted by atomic mass is 79.9. The van der Waals surface area contributed by atoms with Crippen LogP contribution in [0.1, 0.15) is 0 Å². The van der Waals surface area contributed by atoms with Gasteiger partial charge < -0.3 is 19.5 Å². The minimum atomic E-state index is -0.321. The third-order valence-electron chi connectivity index (χ3n) is 3.17. The second kappa shape index (κ2) is 7.51. The summed E-state index contributed by atoms with van der Waals surface area (Å²) in [6.07, 6.45) is 0. The van der Waals surface area contributed by atoms with E-state index in [-0.39, 0.29) is 12.5 Å². The molecule has 0 spiro atoms. The van der Waals surface area contributed by atoms with Crippen molar-refractivity contribution in [1.29, 1.82) is 0 Å². The molecule has 1 heterocycles. The third kappa shape index (κ3) is 4.06. The summed E-state index contributed by atoms with van der Waals surface area (Å²) in [6.45, 7) is 0.809. The summed E-state index contributed by atoms with van der Waals surface area (Å²) >= 11 is 15.1. The fraction of sp³-hybridized carbons (Fsp3) is 0.188. The topological polar surface area (TPSA) is 56.8 Å². The maximum atomic E-state index is 12.1. The van der Waals surface area contributed by atoms with Gasteiger partial charge in [0.05, 0.1) is 15.7 Å². The van der Waals surface area contributed by atoms with E-state index in [0.29, 0.717) is 50.7 Å². The van der Waals surface area contributed by atoms with Crippen LogP contribution in [0.2, 0.25) is 10.0 Å². The predicted octanol–water partition coefficient (Wildman–Crippen LogP) is 4.54. The van der Waals surface area contributed by atoms with Crippen molar-refractivity contribution in [3.63, 3.8) is 0 Å². The second-order valence-corrected chi connectivity index (χ2v) is 6.56. The Bertz CT molecular complexity index is 785. The minimum Gasteiger partial charge on any atom is -0.486 e. The first-order valence-electron chi connectivity index (χ1n) is 7.00. The molecule has 2 aromatic rings. The first-order chi connectivity index (χ1) is 11.5. The smallest absolute Gasteiger partial charge is 0.262 e. The lowest BCUT2D eigenvalue weighted by molar-refractivity contribution is -0.118. The average molecular weight is 433 g/mol. The van der Waals surface area contributed by atoms with Gasteiger partial charge in [0, 0.05) is 22.7 Å². The van der Waals surface area contributed by atoms with E-state index in [0.717, 1.165) is 0 Å². The summed E-state index contributed by atoms with van der Waals surface area (Å²) < 4.78 is 17.1. The SMILES string of the molecule is O=C(COc1ccc(Cl)c(Cl)c1)Nc1cc2c(cc1Br)OCCO2. The molecule has 0 atom stereocenters. The summed E-state index contributed by atoms with van der Waals surface area (Å²) in [5.74, 6) is 1.36. The largest absolute Gasteiger partial charge is 0.486 e. The van der Waals surface area contributed by atoms with Crippen molar-refractivity contribution in [3.8, 4) is 17.2 Å². The zero-order valence-corrected chi connectivity index (χ0v) is 15.4. The second-order valence-electron chi connectivity index (χ2n) is 4.89. The van der Waals surface area contributed by atoms with E-state index in [2.05, 4.69) is 21.2 Å². The molecule has 0 saturated heterocycles. The van der Waals surface area contributed by atoms with Crippen molar-refractivity contribution in [2.45, 2.75) is 0 Å². The van der Waals surface area contributed by atoms with Crippen LogP contribution in [0, 0.1) is 0 Å². The maximum Gasteiger partial charge on any atom is 0.262 e. The number of nitrogens with one attached hydrogen (secondary N) is 1. The fourth-order valence-corrected chi connectivity index (χ4v) is 2.77. The first-order valence-corrected chi connectivity index (χ1v) is 8.54. The summed E-state index contributed by atoms with van der Waals surface area (Å²) in [5.41, 5.74) is 0.571. The number of ether oxygens (including phenoxy) is 3. The Morgan fingerprint density at radius 3 is 2.54 bits per heavy atom. The van der Waals surface area contributed by atoms with Crippen LogP contribution in [-0.2, 0) is 4.79 Å². The van der Waals surface area contributed by atoms with Crippen molar-refractivity contribution in [3.05, 3.63) is 44.8 Å². The van der Waals surface area contributed by atoms with Crippen molar-refractivity contribution in [1.82, 2.24) is 0 Å². The molecule has 126 valence electrons. The van der Waals surface area contributed by atoms with Gasteiger partial charge in [-0.3, -0.25) is 4.79 Å². The quantitative estimate of drug-likeness (QED) is 0.770. The molecule has 8 heteroatoms. The van der Waals surface area contributed by atoms with Crippen LogP contribution < -0.4 is 19.5 Å². The van der Waals surface area contributed by atoms with Gasteiger partial charge in [0.15, 0.2) is 18.1 Å². The number of hydrogen-bond acceptors (Lipinski definition) is 4. The lowest BCUT2D eigenvalue weighted by atomic mass is 10.2. The normalized spacial score (nSPS) is 12.6. The van der Waals surface area contributed by atoms with Gasteiger partial charge in [-0.05, 0) is 28.1 Å². The number of anilines is 1. The van der Waals surface area contributed by atoms with Gasteiger partial charge in [0.1, 0.15) is 19.0 Å². The highest BCUT2D eigenvalue weighted by Crippen LogP contribution is 2.38. The van der Waals surface area contributed by atoms with Gasteiger partial charge in [-0.1, -0.05) is 23.2 Å². The Morgan fingerprint density at radius 1 is 1.12 bits per heavy atom. The Labute approximate surface area is 156 Å². The van der Waals surface area contributed by atoms with Crippen molar-refractivity contribution < 1.29 is 19.0 Å². The standard InChI is InChI=1S/C16H12BrCl2NO4/c17-10-6-14-15(23-4-3-22-14)7-13(10)20-16(21)8-24-9-1-2-11(18)12(19)5-9/h1-2,5-7H,3-4,8H2,(H,20,21). The lowest BCUT2D eigenvalue weighted by Gasteiger charge is -2.20. The van der Waals surface area contributed by atoms with Gasteiger partial charge in [-0.25, -0.2) is 0 Å². The molecule has 0 aromatic heterocycles. The van der Waals surface area contributed by atoms with Gasteiger partial charge in [0.2, 0.25) is 0 Å². The van der Waals surface area contributed by atoms with E-state index in [9.17, 15) is 4.79 Å². The van der Waals surface area contributed by atoms with Gasteiger partial charge >= 0.3 is 0 Å². The zero-order chi connectivity index (χ0) is 17.1. The first kappa shape index (κ1) is 17.2. The molecule has 0 aliphatic carbocycles. The van der Waals surface area contributed by atoms with Crippen LogP contribution in [0.15, 0.2) is 34.8 Å². The fourth-order valence-electron chi connectivity index (χ4n) is 2.06. The van der Waals surface area contributed by atoms with E-state index in [1.54, 1.807) is 30.3 Å². The van der Waals surface area contributed by atoms with Crippen molar-refractivity contribution >= 4 is 50.7 Å². The van der Waals surface area contributed by atoms with Gasteiger partial charge in [0.25, 0.3) is 5.91 Å². The number of fused-ring (bicyclic) bond motifs is 1. The molecule has 3 rings (SSSR count). The van der Waals surface area contributed by atoms with E-state index < -0.39 is 0 Å². The molecular formula is C16H12BrCl2NO4. The molecule has 0 fully saturated rings. The molecule has 2 aromatic carbocycles. The molecule has 0 saturated carbocycles. The van der Waals surface area contributed by atoms with Crippen molar-refractivity contribution in [2.75, 3.05) is 25.1 Å². The molecular weight excluding hydrogens is 421 g/mol. The summed E-state index contributed by atoms with van der Waals surface area (Å²) in [4.78, 5) is 12.1. The number of halogens is 3. The summed E-state index contributed by atoms with van der Waals surface area (Å²) in [7, 11) is 0. The average Bonchev–Trinajstić information content (AvgIpc) is 2.56. The number of benzene rings is 2. The molecule has 1 N–H and O–H groups in total. The van der Waals surface area contributed by atoms with Crippen LogP contribution in [0.25, 0.3) is 0 Å². The Morgan fingerprint density at radius 2 is 1.83 bits per heavy atom. The highest BCUT2D eigenvalue weighted by molar-refractivity contribution is 9.10. The molecule has 0 bridgehead atoms. The Kier molecular flexibility index (Phi) is 5.38. The molecule has 0 unspecified atom stereocenters. The van der Waals surface area contributed by atoms with Crippen LogP contribution in [0.5, 0.6) is 17.2 Å². The van der Waals surface area contributed by atoms with E-state index >= 15 is 0 Å². The van der Waals surface area contributed by atoms with Crippen LogP contribution in [0.3, 0.4) is 0 Å². The highest BCUT2D eigenvalue weighted by Gasteiger charge is 2.16. The monoisotopic (exact) mass is 431 g/mol. The summed E-state index contributed by atoms with van der Waals surface area (Å²) in [5, 5.41) is 3.54. The molecule has 24 heavy (non-hydrogen) atoms. The van der Waals surface area contributed by atoms with Crippen molar-refractivity contribution in [2.24, 2.45) is 0 Å². The molecule has 1 aliphatic rings.